The van der Waals surface area contributed by atoms with Crippen molar-refractivity contribution in [3.8, 4) is 0 Å². The molecule has 0 aliphatic rings. The fourth-order valence-corrected chi connectivity index (χ4v) is 1.18. The van der Waals surface area contributed by atoms with Gasteiger partial charge >= 0.3 is 0 Å². The Morgan fingerprint density at radius 2 is 2.14 bits per heavy atom. The zero-order valence-corrected chi connectivity index (χ0v) is 7.91. The van der Waals surface area contributed by atoms with Gasteiger partial charge in [0.15, 0.2) is 5.96 Å². The lowest BCUT2D eigenvalue weighted by atomic mass is 10.1. The molecule has 1 aromatic rings. The largest absolute Gasteiger partial charge is 0.370 e. The first kappa shape index (κ1) is 10.5. The molecule has 1 rings (SSSR count). The molecule has 1 aromatic carbocycles. The van der Waals surface area contributed by atoms with Crippen molar-refractivity contribution in [1.82, 2.24) is 0 Å². The molecule has 0 heterocycles. The summed E-state index contributed by atoms with van der Waals surface area (Å²) in [4.78, 5) is 3.84. The molecule has 0 radical (unpaired) electrons. The standard InChI is InChI=1S/C10H14FN3/c11-9-5-1-3-8(7-9)4-2-6-14-10(12)13/h1,3,5,7H,2,4,6H2,(H4,12,13,14). The second-order valence-electron chi connectivity index (χ2n) is 3.04. The smallest absolute Gasteiger partial charge is 0.185 e. The molecule has 4 heteroatoms. The maximum absolute atomic E-state index is 12.7. The minimum atomic E-state index is -0.204. The molecular formula is C10H14FN3. The summed E-state index contributed by atoms with van der Waals surface area (Å²) in [6.45, 7) is 0.582. The molecule has 14 heavy (non-hydrogen) atoms. The van der Waals surface area contributed by atoms with E-state index in [1.54, 1.807) is 6.07 Å². The quantitative estimate of drug-likeness (QED) is 0.428. The Labute approximate surface area is 82.6 Å². The highest BCUT2D eigenvalue weighted by atomic mass is 19.1. The Morgan fingerprint density at radius 1 is 1.36 bits per heavy atom. The molecule has 0 saturated carbocycles. The van der Waals surface area contributed by atoms with Gasteiger partial charge in [0.1, 0.15) is 5.82 Å². The molecule has 0 saturated heterocycles. The second kappa shape index (κ2) is 5.21. The predicted molar refractivity (Wildman–Crippen MR) is 55.4 cm³/mol. The van der Waals surface area contributed by atoms with Crippen molar-refractivity contribution in [2.75, 3.05) is 6.54 Å². The fourth-order valence-electron chi connectivity index (χ4n) is 1.18. The molecule has 4 N–H and O–H groups in total. The van der Waals surface area contributed by atoms with Gasteiger partial charge in [-0.25, -0.2) is 4.39 Å². The van der Waals surface area contributed by atoms with Crippen molar-refractivity contribution >= 4 is 5.96 Å². The van der Waals surface area contributed by atoms with E-state index in [1.807, 2.05) is 6.07 Å². The summed E-state index contributed by atoms with van der Waals surface area (Å²) in [6.07, 6.45) is 1.61. The van der Waals surface area contributed by atoms with Crippen LogP contribution in [0.3, 0.4) is 0 Å². The average molecular weight is 195 g/mol. The second-order valence-corrected chi connectivity index (χ2v) is 3.04. The Kier molecular flexibility index (Phi) is 3.91. The summed E-state index contributed by atoms with van der Waals surface area (Å²) in [6, 6.07) is 6.54. The van der Waals surface area contributed by atoms with Gasteiger partial charge in [-0.05, 0) is 30.5 Å². The first-order valence-corrected chi connectivity index (χ1v) is 4.48. The first-order valence-electron chi connectivity index (χ1n) is 4.48. The molecule has 0 aliphatic heterocycles. The normalized spacial score (nSPS) is 9.79. The van der Waals surface area contributed by atoms with Gasteiger partial charge in [0, 0.05) is 6.54 Å². The highest BCUT2D eigenvalue weighted by Gasteiger charge is 1.94. The molecule has 0 unspecified atom stereocenters. The van der Waals surface area contributed by atoms with Crippen LogP contribution in [0, 0.1) is 5.82 Å². The van der Waals surface area contributed by atoms with E-state index in [2.05, 4.69) is 4.99 Å². The third-order valence-electron chi connectivity index (χ3n) is 1.81. The molecule has 0 atom stereocenters. The Bertz CT molecular complexity index is 319. The summed E-state index contributed by atoms with van der Waals surface area (Å²) >= 11 is 0. The Balaban J connectivity index is 2.35. The van der Waals surface area contributed by atoms with Crippen molar-refractivity contribution in [3.05, 3.63) is 35.6 Å². The van der Waals surface area contributed by atoms with Crippen LogP contribution in [0.2, 0.25) is 0 Å². The Morgan fingerprint density at radius 3 is 2.79 bits per heavy atom. The SMILES string of the molecule is NC(N)=NCCCc1cccc(F)c1. The minimum absolute atomic E-state index is 0.101. The number of aryl methyl sites for hydroxylation is 1. The van der Waals surface area contributed by atoms with E-state index in [1.165, 1.54) is 12.1 Å². The summed E-state index contributed by atoms with van der Waals surface area (Å²) in [5.41, 5.74) is 11.3. The van der Waals surface area contributed by atoms with E-state index >= 15 is 0 Å². The lowest BCUT2D eigenvalue weighted by Gasteiger charge is -1.99. The van der Waals surface area contributed by atoms with Gasteiger partial charge in [0.2, 0.25) is 0 Å². The van der Waals surface area contributed by atoms with Gasteiger partial charge in [-0.1, -0.05) is 12.1 Å². The number of hydrogen-bond acceptors (Lipinski definition) is 1. The van der Waals surface area contributed by atoms with Crippen LogP contribution in [-0.4, -0.2) is 12.5 Å². The van der Waals surface area contributed by atoms with Crippen LogP contribution in [-0.2, 0) is 6.42 Å². The zero-order chi connectivity index (χ0) is 10.4. The van der Waals surface area contributed by atoms with Crippen LogP contribution < -0.4 is 11.5 Å². The van der Waals surface area contributed by atoms with Crippen LogP contribution in [0.1, 0.15) is 12.0 Å². The van der Waals surface area contributed by atoms with Gasteiger partial charge in [-0.3, -0.25) is 4.99 Å². The maximum atomic E-state index is 12.7. The number of rotatable bonds is 4. The lowest BCUT2D eigenvalue weighted by molar-refractivity contribution is 0.624. The minimum Gasteiger partial charge on any atom is -0.370 e. The van der Waals surface area contributed by atoms with E-state index in [-0.39, 0.29) is 11.8 Å². The fraction of sp³-hybridized carbons (Fsp3) is 0.300. The molecule has 0 spiro atoms. The van der Waals surface area contributed by atoms with E-state index in [0.717, 1.165) is 18.4 Å². The third kappa shape index (κ3) is 3.89. The van der Waals surface area contributed by atoms with Crippen molar-refractivity contribution in [2.24, 2.45) is 16.5 Å². The van der Waals surface area contributed by atoms with E-state index in [9.17, 15) is 4.39 Å². The van der Waals surface area contributed by atoms with Crippen LogP contribution in [0.4, 0.5) is 4.39 Å². The van der Waals surface area contributed by atoms with Crippen molar-refractivity contribution in [3.63, 3.8) is 0 Å². The van der Waals surface area contributed by atoms with Crippen LogP contribution >= 0.6 is 0 Å². The number of nitrogens with zero attached hydrogens (tertiary/aromatic N) is 1. The van der Waals surface area contributed by atoms with Crippen LogP contribution in [0.15, 0.2) is 29.3 Å². The maximum Gasteiger partial charge on any atom is 0.185 e. The van der Waals surface area contributed by atoms with Crippen molar-refractivity contribution in [2.45, 2.75) is 12.8 Å². The summed E-state index contributed by atoms with van der Waals surface area (Å²) in [5, 5.41) is 0. The van der Waals surface area contributed by atoms with Gasteiger partial charge in [-0.2, -0.15) is 0 Å². The topological polar surface area (TPSA) is 64.4 Å². The molecular weight excluding hydrogens is 181 g/mol. The average Bonchev–Trinajstić information content (AvgIpc) is 2.12. The first-order chi connectivity index (χ1) is 6.68. The molecule has 0 fully saturated rings. The molecule has 0 aliphatic carbocycles. The number of benzene rings is 1. The van der Waals surface area contributed by atoms with E-state index < -0.39 is 0 Å². The Hall–Kier alpha value is -1.58. The van der Waals surface area contributed by atoms with E-state index in [4.69, 9.17) is 11.5 Å². The monoisotopic (exact) mass is 195 g/mol. The number of nitrogens with two attached hydrogens (primary N) is 2. The van der Waals surface area contributed by atoms with Crippen LogP contribution in [0.25, 0.3) is 0 Å². The van der Waals surface area contributed by atoms with Crippen molar-refractivity contribution < 1.29 is 4.39 Å². The molecule has 0 amide bonds. The van der Waals surface area contributed by atoms with Gasteiger partial charge < -0.3 is 11.5 Å². The van der Waals surface area contributed by atoms with Gasteiger partial charge in [0.05, 0.1) is 0 Å². The highest BCUT2D eigenvalue weighted by molar-refractivity contribution is 5.75. The number of halogens is 1. The van der Waals surface area contributed by atoms with Gasteiger partial charge in [0.25, 0.3) is 0 Å². The zero-order valence-electron chi connectivity index (χ0n) is 7.91. The third-order valence-corrected chi connectivity index (χ3v) is 1.81. The van der Waals surface area contributed by atoms with Gasteiger partial charge in [-0.15, -0.1) is 0 Å². The highest BCUT2D eigenvalue weighted by Crippen LogP contribution is 2.05. The van der Waals surface area contributed by atoms with Crippen molar-refractivity contribution in [1.29, 1.82) is 0 Å². The molecule has 76 valence electrons. The number of aliphatic imine (C=N–C) groups is 1. The summed E-state index contributed by atoms with van der Waals surface area (Å²) in [7, 11) is 0. The molecule has 0 bridgehead atoms. The number of guanidine groups is 1. The van der Waals surface area contributed by atoms with Crippen LogP contribution in [0.5, 0.6) is 0 Å². The predicted octanol–water partition coefficient (Wildman–Crippen LogP) is 1.03. The summed E-state index contributed by atoms with van der Waals surface area (Å²) in [5.74, 6) is -0.103. The lowest BCUT2D eigenvalue weighted by Crippen LogP contribution is -2.23. The number of hydrogen-bond donors (Lipinski definition) is 2. The molecule has 3 nitrogen and oxygen atoms in total. The molecule has 0 aromatic heterocycles. The van der Waals surface area contributed by atoms with E-state index in [0.29, 0.717) is 6.54 Å². The summed E-state index contributed by atoms with van der Waals surface area (Å²) < 4.78 is 12.7.